The first-order valence-corrected chi connectivity index (χ1v) is 9.15. The maximum atomic E-state index is 12.5. The predicted octanol–water partition coefficient (Wildman–Crippen LogP) is 3.87. The largest absolute Gasteiger partial charge is 0.611 e. The van der Waals surface area contributed by atoms with Crippen LogP contribution in [0.1, 0.15) is 12.5 Å². The fourth-order valence-corrected chi connectivity index (χ4v) is 3.74. The van der Waals surface area contributed by atoms with Gasteiger partial charge in [0.1, 0.15) is 11.7 Å². The summed E-state index contributed by atoms with van der Waals surface area (Å²) in [6, 6.07) is 16.5. The molecule has 2 unspecified atom stereocenters. The van der Waals surface area contributed by atoms with E-state index < -0.39 is 17.1 Å². The van der Waals surface area contributed by atoms with Gasteiger partial charge in [0.05, 0.1) is 6.61 Å². The predicted molar refractivity (Wildman–Crippen MR) is 93.0 cm³/mol. The minimum absolute atomic E-state index is 0.216. The van der Waals surface area contributed by atoms with Gasteiger partial charge in [-0.3, -0.25) is 4.79 Å². The summed E-state index contributed by atoms with van der Waals surface area (Å²) in [7, 11) is 0. The maximum absolute atomic E-state index is 12.5. The SMILES string of the molecule is CCOC(=O)C(Cc1ccccc1Cl)C[S+]([O-])c1ccccc1. The first-order valence-electron chi connectivity index (χ1n) is 7.45. The van der Waals surface area contributed by atoms with E-state index in [0.717, 1.165) is 5.56 Å². The Balaban J connectivity index is 2.14. The Hall–Kier alpha value is -1.49. The third-order valence-electron chi connectivity index (χ3n) is 3.40. The van der Waals surface area contributed by atoms with E-state index in [1.807, 2.05) is 36.4 Å². The first-order chi connectivity index (χ1) is 11.1. The van der Waals surface area contributed by atoms with Crippen LogP contribution in [-0.2, 0) is 27.1 Å². The molecule has 0 saturated heterocycles. The third kappa shape index (κ3) is 5.27. The topological polar surface area (TPSA) is 49.4 Å². The van der Waals surface area contributed by atoms with Crippen LogP contribution in [0.25, 0.3) is 0 Å². The highest BCUT2D eigenvalue weighted by atomic mass is 35.5. The summed E-state index contributed by atoms with van der Waals surface area (Å²) in [6.07, 6.45) is 0.414. The number of halogens is 1. The minimum atomic E-state index is -1.26. The lowest BCUT2D eigenvalue weighted by Crippen LogP contribution is -2.28. The molecule has 2 aromatic carbocycles. The van der Waals surface area contributed by atoms with Crippen LogP contribution in [0.15, 0.2) is 59.5 Å². The van der Waals surface area contributed by atoms with Crippen LogP contribution in [0, 0.1) is 5.92 Å². The molecule has 0 N–H and O–H groups in total. The van der Waals surface area contributed by atoms with E-state index >= 15 is 0 Å². The standard InChI is InChI=1S/C18H19ClO3S/c1-2-22-18(20)15(12-14-8-6-7-11-17(14)19)13-23(21)16-9-4-3-5-10-16/h3-11,15H,2,12-13H2,1H3. The molecule has 0 aliphatic rings. The van der Waals surface area contributed by atoms with E-state index in [0.29, 0.717) is 22.9 Å². The van der Waals surface area contributed by atoms with Gasteiger partial charge in [-0.1, -0.05) is 48.0 Å². The molecule has 2 atom stereocenters. The average Bonchev–Trinajstić information content (AvgIpc) is 2.57. The van der Waals surface area contributed by atoms with Gasteiger partial charge in [-0.25, -0.2) is 0 Å². The van der Waals surface area contributed by atoms with Crippen LogP contribution in [0.2, 0.25) is 5.02 Å². The van der Waals surface area contributed by atoms with Crippen molar-refractivity contribution in [1.82, 2.24) is 0 Å². The van der Waals surface area contributed by atoms with Crippen LogP contribution in [0.4, 0.5) is 0 Å². The van der Waals surface area contributed by atoms with E-state index in [1.54, 1.807) is 25.1 Å². The number of hydrogen-bond donors (Lipinski definition) is 0. The molecule has 0 aromatic heterocycles. The lowest BCUT2D eigenvalue weighted by atomic mass is 10.0. The molecular formula is C18H19ClO3S. The van der Waals surface area contributed by atoms with Gasteiger partial charge in [-0.05, 0) is 48.3 Å². The Morgan fingerprint density at radius 3 is 2.48 bits per heavy atom. The monoisotopic (exact) mass is 350 g/mol. The Labute approximate surface area is 144 Å². The highest BCUT2D eigenvalue weighted by molar-refractivity contribution is 7.91. The van der Waals surface area contributed by atoms with Crippen LogP contribution in [0.3, 0.4) is 0 Å². The van der Waals surface area contributed by atoms with Crippen molar-refractivity contribution in [3.05, 3.63) is 65.2 Å². The van der Waals surface area contributed by atoms with Gasteiger partial charge >= 0.3 is 5.97 Å². The number of carbonyl (C=O) groups is 1. The fraction of sp³-hybridized carbons (Fsp3) is 0.278. The van der Waals surface area contributed by atoms with Crippen LogP contribution >= 0.6 is 11.6 Å². The van der Waals surface area contributed by atoms with Crippen LogP contribution in [-0.4, -0.2) is 22.9 Å². The molecule has 122 valence electrons. The molecule has 0 aliphatic heterocycles. The van der Waals surface area contributed by atoms with Crippen molar-refractivity contribution >= 4 is 28.7 Å². The van der Waals surface area contributed by atoms with E-state index in [-0.39, 0.29) is 11.7 Å². The van der Waals surface area contributed by atoms with Crippen LogP contribution in [0.5, 0.6) is 0 Å². The molecular weight excluding hydrogens is 332 g/mol. The molecule has 3 nitrogen and oxygen atoms in total. The van der Waals surface area contributed by atoms with Crippen molar-refractivity contribution in [1.29, 1.82) is 0 Å². The molecule has 0 heterocycles. The summed E-state index contributed by atoms with van der Waals surface area (Å²) in [5, 5.41) is 0.604. The van der Waals surface area contributed by atoms with Crippen molar-refractivity contribution in [2.24, 2.45) is 5.92 Å². The molecule has 0 aliphatic carbocycles. The summed E-state index contributed by atoms with van der Waals surface area (Å²) in [6.45, 7) is 2.06. The molecule has 0 fully saturated rings. The zero-order valence-corrected chi connectivity index (χ0v) is 14.5. The van der Waals surface area contributed by atoms with Crippen LogP contribution < -0.4 is 0 Å². The quantitative estimate of drug-likeness (QED) is 0.562. The van der Waals surface area contributed by atoms with Crippen molar-refractivity contribution in [3.8, 4) is 0 Å². The zero-order valence-electron chi connectivity index (χ0n) is 12.9. The number of esters is 1. The van der Waals surface area contributed by atoms with E-state index in [2.05, 4.69) is 0 Å². The van der Waals surface area contributed by atoms with Crippen molar-refractivity contribution in [3.63, 3.8) is 0 Å². The lowest BCUT2D eigenvalue weighted by Gasteiger charge is -2.18. The van der Waals surface area contributed by atoms with Gasteiger partial charge in [0.2, 0.25) is 0 Å². The molecule has 0 radical (unpaired) electrons. The van der Waals surface area contributed by atoms with E-state index in [1.165, 1.54) is 0 Å². The molecule has 0 spiro atoms. The first kappa shape index (κ1) is 17.9. The van der Waals surface area contributed by atoms with Crippen molar-refractivity contribution < 1.29 is 14.1 Å². The number of rotatable bonds is 7. The van der Waals surface area contributed by atoms with Gasteiger partial charge in [0, 0.05) is 5.02 Å². The smallest absolute Gasteiger partial charge is 0.314 e. The third-order valence-corrected chi connectivity index (χ3v) is 5.27. The number of benzene rings is 2. The summed E-state index contributed by atoms with van der Waals surface area (Å²) >= 11 is 4.91. The summed E-state index contributed by atoms with van der Waals surface area (Å²) in [4.78, 5) is 12.9. The minimum Gasteiger partial charge on any atom is -0.611 e. The summed E-state index contributed by atoms with van der Waals surface area (Å²) in [5.74, 6) is -0.610. The van der Waals surface area contributed by atoms with Crippen molar-refractivity contribution in [2.45, 2.75) is 18.2 Å². The number of hydrogen-bond acceptors (Lipinski definition) is 3. The van der Waals surface area contributed by atoms with Gasteiger partial charge in [0.25, 0.3) is 0 Å². The van der Waals surface area contributed by atoms with E-state index in [9.17, 15) is 9.35 Å². The maximum Gasteiger partial charge on any atom is 0.314 e. The van der Waals surface area contributed by atoms with Gasteiger partial charge < -0.3 is 9.29 Å². The van der Waals surface area contributed by atoms with Gasteiger partial charge in [-0.2, -0.15) is 0 Å². The van der Waals surface area contributed by atoms with Gasteiger partial charge in [0.15, 0.2) is 4.90 Å². The lowest BCUT2D eigenvalue weighted by molar-refractivity contribution is -0.147. The Kier molecular flexibility index (Phi) is 6.96. The molecule has 2 aromatic rings. The Morgan fingerprint density at radius 1 is 1.17 bits per heavy atom. The highest BCUT2D eigenvalue weighted by Crippen LogP contribution is 2.22. The second-order valence-electron chi connectivity index (χ2n) is 5.07. The fourth-order valence-electron chi connectivity index (χ4n) is 2.25. The molecule has 0 amide bonds. The number of carbonyl (C=O) groups excluding carboxylic acids is 1. The highest BCUT2D eigenvalue weighted by Gasteiger charge is 2.28. The second kappa shape index (κ2) is 8.96. The van der Waals surface area contributed by atoms with Gasteiger partial charge in [-0.15, -0.1) is 0 Å². The van der Waals surface area contributed by atoms with Crippen molar-refractivity contribution in [2.75, 3.05) is 12.4 Å². The Bertz CT molecular complexity index is 633. The Morgan fingerprint density at radius 2 is 1.83 bits per heavy atom. The normalized spacial score (nSPS) is 13.3. The summed E-state index contributed by atoms with van der Waals surface area (Å²) < 4.78 is 17.6. The molecule has 0 bridgehead atoms. The molecule has 23 heavy (non-hydrogen) atoms. The molecule has 2 rings (SSSR count). The average molecular weight is 351 g/mol. The second-order valence-corrected chi connectivity index (χ2v) is 6.97. The van der Waals surface area contributed by atoms with E-state index in [4.69, 9.17) is 16.3 Å². The zero-order chi connectivity index (χ0) is 16.7. The number of ether oxygens (including phenoxy) is 1. The molecule has 5 heteroatoms. The summed E-state index contributed by atoms with van der Waals surface area (Å²) in [5.41, 5.74) is 0.859. The molecule has 0 saturated carbocycles.